The molecule has 1 atom stereocenters. The monoisotopic (exact) mass is 272 g/mol. The Morgan fingerprint density at radius 3 is 2.32 bits per heavy atom. The van der Waals surface area contributed by atoms with Crippen LogP contribution in [0.5, 0.6) is 0 Å². The van der Waals surface area contributed by atoms with Crippen LogP contribution in [0.25, 0.3) is 0 Å². The Bertz CT molecular complexity index is 287. The summed E-state index contributed by atoms with van der Waals surface area (Å²) in [5.41, 5.74) is -0.457. The minimum Gasteiger partial charge on any atom is -0.460 e. The van der Waals surface area contributed by atoms with Crippen LogP contribution in [0.4, 0.5) is 0 Å². The molecule has 0 aliphatic carbocycles. The van der Waals surface area contributed by atoms with Crippen LogP contribution < -0.4 is 0 Å². The van der Waals surface area contributed by atoms with Gasteiger partial charge in [-0.15, -0.1) is 10.3 Å². The zero-order valence-electron chi connectivity index (χ0n) is 12.1. The molecule has 0 spiro atoms. The van der Waals surface area contributed by atoms with Gasteiger partial charge in [0.2, 0.25) is 0 Å². The maximum Gasteiger partial charge on any atom is 0.306 e. The Hall–Kier alpha value is -1.59. The van der Waals surface area contributed by atoms with E-state index < -0.39 is 5.60 Å². The number of esters is 1. The second-order valence-electron chi connectivity index (χ2n) is 5.17. The van der Waals surface area contributed by atoms with Crippen molar-refractivity contribution in [3.8, 4) is 0 Å². The van der Waals surface area contributed by atoms with Gasteiger partial charge in [0.1, 0.15) is 18.8 Å². The molecule has 0 aromatic heterocycles. The molecule has 110 valence electrons. The molecular formula is C13H24N2O4. The van der Waals surface area contributed by atoms with Crippen molar-refractivity contribution in [2.24, 2.45) is 16.2 Å². The number of ether oxygens (including phenoxy) is 1. The van der Waals surface area contributed by atoms with Crippen LogP contribution in [0.2, 0.25) is 0 Å². The van der Waals surface area contributed by atoms with Gasteiger partial charge in [-0.1, -0.05) is 0 Å². The van der Waals surface area contributed by atoms with Gasteiger partial charge >= 0.3 is 5.97 Å². The first-order valence-corrected chi connectivity index (χ1v) is 6.27. The van der Waals surface area contributed by atoms with E-state index in [0.29, 0.717) is 32.5 Å². The number of carbonyl (C=O) groups excluding carboxylic acids is 1. The van der Waals surface area contributed by atoms with Gasteiger partial charge in [-0.2, -0.15) is 0 Å². The van der Waals surface area contributed by atoms with Crippen LogP contribution in [0.1, 0.15) is 40.0 Å². The molecule has 0 aromatic rings. The van der Waals surface area contributed by atoms with Gasteiger partial charge in [-0.25, -0.2) is 0 Å². The topological polar surface area (TPSA) is 69.5 Å². The molecule has 19 heavy (non-hydrogen) atoms. The van der Waals surface area contributed by atoms with Crippen molar-refractivity contribution in [1.29, 1.82) is 0 Å². The first-order chi connectivity index (χ1) is 8.89. The zero-order chi connectivity index (χ0) is 14.7. The average molecular weight is 272 g/mol. The predicted molar refractivity (Wildman–Crippen MR) is 74.2 cm³/mol. The third kappa shape index (κ3) is 11.2. The molecule has 0 fully saturated rings. The predicted octanol–water partition coefficient (Wildman–Crippen LogP) is 2.38. The molecule has 6 heteroatoms. The van der Waals surface area contributed by atoms with E-state index in [2.05, 4.69) is 23.7 Å². The molecule has 0 rings (SSSR count). The van der Waals surface area contributed by atoms with Gasteiger partial charge in [0.25, 0.3) is 0 Å². The van der Waals surface area contributed by atoms with Crippen molar-refractivity contribution >= 4 is 19.4 Å². The summed E-state index contributed by atoms with van der Waals surface area (Å²) >= 11 is 0. The van der Waals surface area contributed by atoms with Crippen LogP contribution in [-0.4, -0.2) is 38.2 Å². The lowest BCUT2D eigenvalue weighted by molar-refractivity contribution is -0.155. The first kappa shape index (κ1) is 17.4. The highest BCUT2D eigenvalue weighted by atomic mass is 16.6. The molecule has 0 amide bonds. The molecule has 0 radical (unpaired) electrons. The third-order valence-electron chi connectivity index (χ3n) is 2.29. The molecule has 0 bridgehead atoms. The molecule has 0 aliphatic rings. The zero-order valence-corrected chi connectivity index (χ0v) is 12.1. The molecule has 0 aliphatic heterocycles. The maximum absolute atomic E-state index is 11.6. The van der Waals surface area contributed by atoms with E-state index in [1.807, 2.05) is 20.8 Å². The standard InChI is InChI=1S/C13H24N2O4/c1-13(2,3)19-12(16)7-6-11(10-18-15-5)8-9-17-14-4/h11H,4-10H2,1-3H3. The number of nitrogens with zero attached hydrogens (tertiary/aromatic N) is 2. The van der Waals surface area contributed by atoms with Crippen molar-refractivity contribution in [1.82, 2.24) is 0 Å². The third-order valence-corrected chi connectivity index (χ3v) is 2.29. The lowest BCUT2D eigenvalue weighted by Gasteiger charge is -2.20. The van der Waals surface area contributed by atoms with Crippen molar-refractivity contribution < 1.29 is 19.2 Å². The van der Waals surface area contributed by atoms with Crippen LogP contribution in [-0.2, 0) is 19.2 Å². The molecule has 0 saturated carbocycles. The lowest BCUT2D eigenvalue weighted by atomic mass is 10.0. The van der Waals surface area contributed by atoms with Crippen LogP contribution >= 0.6 is 0 Å². The minimum absolute atomic E-state index is 0.139. The molecule has 0 saturated heterocycles. The fraction of sp³-hybridized carbons (Fsp3) is 0.769. The van der Waals surface area contributed by atoms with E-state index in [9.17, 15) is 4.79 Å². The molecule has 0 heterocycles. The van der Waals surface area contributed by atoms with Gasteiger partial charge < -0.3 is 14.4 Å². The second kappa shape index (κ2) is 9.35. The average Bonchev–Trinajstić information content (AvgIpc) is 2.30. The summed E-state index contributed by atoms with van der Waals surface area (Å²) in [5, 5.41) is 6.66. The Morgan fingerprint density at radius 2 is 1.79 bits per heavy atom. The van der Waals surface area contributed by atoms with E-state index in [1.54, 1.807) is 0 Å². The summed E-state index contributed by atoms with van der Waals surface area (Å²) in [5.74, 6) is -0.0772. The van der Waals surface area contributed by atoms with Gasteiger partial charge in [0.05, 0.1) is 0 Å². The minimum atomic E-state index is -0.457. The van der Waals surface area contributed by atoms with Crippen molar-refractivity contribution in [2.45, 2.75) is 45.6 Å². The largest absolute Gasteiger partial charge is 0.460 e. The lowest BCUT2D eigenvalue weighted by Crippen LogP contribution is -2.24. The van der Waals surface area contributed by atoms with E-state index in [4.69, 9.17) is 14.4 Å². The Morgan fingerprint density at radius 1 is 1.16 bits per heavy atom. The van der Waals surface area contributed by atoms with Crippen LogP contribution in [0.3, 0.4) is 0 Å². The van der Waals surface area contributed by atoms with E-state index in [1.165, 1.54) is 0 Å². The van der Waals surface area contributed by atoms with E-state index in [0.717, 1.165) is 0 Å². The number of rotatable bonds is 10. The summed E-state index contributed by atoms with van der Waals surface area (Å²) < 4.78 is 5.24. The highest BCUT2D eigenvalue weighted by Crippen LogP contribution is 2.15. The summed E-state index contributed by atoms with van der Waals surface area (Å²) in [4.78, 5) is 21.4. The Labute approximate surface area is 114 Å². The maximum atomic E-state index is 11.6. The molecule has 6 nitrogen and oxygen atoms in total. The smallest absolute Gasteiger partial charge is 0.306 e. The van der Waals surface area contributed by atoms with Crippen molar-refractivity contribution in [3.05, 3.63) is 0 Å². The summed E-state index contributed by atoms with van der Waals surface area (Å²) in [6, 6.07) is 0. The molecule has 0 aromatic carbocycles. The van der Waals surface area contributed by atoms with Gasteiger partial charge in [0.15, 0.2) is 0 Å². The van der Waals surface area contributed by atoms with E-state index >= 15 is 0 Å². The van der Waals surface area contributed by atoms with Crippen LogP contribution in [0.15, 0.2) is 10.3 Å². The quantitative estimate of drug-likeness (QED) is 0.265. The highest BCUT2D eigenvalue weighted by Gasteiger charge is 2.18. The number of hydrogen-bond acceptors (Lipinski definition) is 6. The second-order valence-corrected chi connectivity index (χ2v) is 5.17. The van der Waals surface area contributed by atoms with Gasteiger partial charge in [-0.3, -0.25) is 4.79 Å². The SMILES string of the molecule is C=NOCCC(CCC(=O)OC(C)(C)C)CON=C. The van der Waals surface area contributed by atoms with Gasteiger partial charge in [-0.05, 0) is 39.5 Å². The Balaban J connectivity index is 4.05. The summed E-state index contributed by atoms with van der Waals surface area (Å²) in [6.45, 7) is 12.8. The van der Waals surface area contributed by atoms with Crippen molar-refractivity contribution in [2.75, 3.05) is 13.2 Å². The molecule has 0 N–H and O–H groups in total. The Kier molecular flexibility index (Phi) is 8.57. The molecule has 1 unspecified atom stereocenters. The van der Waals surface area contributed by atoms with Crippen molar-refractivity contribution in [3.63, 3.8) is 0 Å². The van der Waals surface area contributed by atoms with E-state index in [-0.39, 0.29) is 11.9 Å². The number of oxime groups is 2. The summed E-state index contributed by atoms with van der Waals surface area (Å²) in [7, 11) is 0. The van der Waals surface area contributed by atoms with Gasteiger partial charge in [0, 0.05) is 19.9 Å². The van der Waals surface area contributed by atoms with Crippen LogP contribution in [0, 0.1) is 5.92 Å². The number of hydrogen-bond donors (Lipinski definition) is 0. The number of carbonyl (C=O) groups is 1. The fourth-order valence-electron chi connectivity index (χ4n) is 1.47. The molecular weight excluding hydrogens is 248 g/mol. The first-order valence-electron chi connectivity index (χ1n) is 6.27. The highest BCUT2D eigenvalue weighted by molar-refractivity contribution is 5.69. The normalized spacial score (nSPS) is 12.4. The summed E-state index contributed by atoms with van der Waals surface area (Å²) in [6.07, 6.45) is 1.69. The fourth-order valence-corrected chi connectivity index (χ4v) is 1.47.